The zero-order valence-electron chi connectivity index (χ0n) is 5.54. The molecule has 0 N–H and O–H groups in total. The van der Waals surface area contributed by atoms with Crippen molar-refractivity contribution in [3.05, 3.63) is 0 Å². The van der Waals surface area contributed by atoms with Gasteiger partial charge in [-0.3, -0.25) is 4.79 Å². The molecular formula is C5H5F2O4-. The zero-order chi connectivity index (χ0) is 9.02. The van der Waals surface area contributed by atoms with Crippen LogP contribution in [0.2, 0.25) is 0 Å². The lowest BCUT2D eigenvalue weighted by molar-refractivity contribution is -0.314. The number of carbonyl (C=O) groups excluding carboxylic acids is 2. The molecule has 6 heteroatoms. The molecule has 0 amide bonds. The topological polar surface area (TPSA) is 66.4 Å². The van der Waals surface area contributed by atoms with E-state index in [1.807, 2.05) is 0 Å². The van der Waals surface area contributed by atoms with Gasteiger partial charge in [0.05, 0.1) is 5.97 Å². The van der Waals surface area contributed by atoms with Crippen LogP contribution < -0.4 is 5.11 Å². The van der Waals surface area contributed by atoms with E-state index in [4.69, 9.17) is 0 Å². The summed E-state index contributed by atoms with van der Waals surface area (Å²) in [5.41, 5.74) is 0. The Morgan fingerprint density at radius 1 is 1.45 bits per heavy atom. The number of carboxylic acid groups (broad SMARTS) is 1. The van der Waals surface area contributed by atoms with Crippen LogP contribution >= 0.6 is 0 Å². The van der Waals surface area contributed by atoms with Gasteiger partial charge in [0.1, 0.15) is 0 Å². The third-order valence-electron chi connectivity index (χ3n) is 0.923. The Bertz CT molecular complexity index is 168. The van der Waals surface area contributed by atoms with Gasteiger partial charge in [0.15, 0.2) is 6.10 Å². The Kier molecular flexibility index (Phi) is 3.59. The number of methoxy groups -OCH3 is 1. The maximum Gasteiger partial charge on any atom is 0.299 e. The predicted octanol–water partition coefficient (Wildman–Crippen LogP) is -1.41. The highest BCUT2D eigenvalue weighted by molar-refractivity contribution is 6.01. The predicted molar refractivity (Wildman–Crippen MR) is 26.8 cm³/mol. The molecule has 0 radical (unpaired) electrons. The van der Waals surface area contributed by atoms with Crippen molar-refractivity contribution in [2.45, 2.75) is 12.5 Å². The van der Waals surface area contributed by atoms with E-state index in [9.17, 15) is 23.5 Å². The van der Waals surface area contributed by atoms with Gasteiger partial charge in [0.2, 0.25) is 5.78 Å². The molecule has 1 atom stereocenters. The Morgan fingerprint density at radius 3 is 2.00 bits per heavy atom. The second kappa shape index (κ2) is 3.97. The average molecular weight is 167 g/mol. The molecule has 0 saturated heterocycles. The molecule has 1 unspecified atom stereocenters. The number of Topliss-reactive ketones (excluding diaryl/α,β-unsaturated/α-hetero) is 1. The highest BCUT2D eigenvalue weighted by Crippen LogP contribution is 2.01. The van der Waals surface area contributed by atoms with Crippen LogP contribution in [-0.4, -0.2) is 31.4 Å². The Hall–Kier alpha value is -1.04. The van der Waals surface area contributed by atoms with Crippen molar-refractivity contribution in [2.75, 3.05) is 7.11 Å². The molecular weight excluding hydrogens is 162 g/mol. The molecule has 0 bridgehead atoms. The van der Waals surface area contributed by atoms with Crippen LogP contribution in [-0.2, 0) is 14.3 Å². The summed E-state index contributed by atoms with van der Waals surface area (Å²) >= 11 is 0. The van der Waals surface area contributed by atoms with E-state index in [0.717, 1.165) is 7.11 Å². The van der Waals surface area contributed by atoms with Crippen molar-refractivity contribution in [3.63, 3.8) is 0 Å². The van der Waals surface area contributed by atoms with Crippen molar-refractivity contribution in [1.29, 1.82) is 0 Å². The molecule has 0 aromatic carbocycles. The van der Waals surface area contributed by atoms with Crippen LogP contribution in [0.1, 0.15) is 0 Å². The average Bonchev–Trinajstić information content (AvgIpc) is 1.88. The summed E-state index contributed by atoms with van der Waals surface area (Å²) in [4.78, 5) is 20.1. The number of halogens is 2. The molecule has 0 aliphatic carbocycles. The number of rotatable bonds is 4. The van der Waals surface area contributed by atoms with E-state index in [2.05, 4.69) is 4.74 Å². The molecule has 0 saturated carbocycles. The number of carboxylic acids is 1. The fraction of sp³-hybridized carbons (Fsp3) is 0.600. The van der Waals surface area contributed by atoms with Gasteiger partial charge in [-0.2, -0.15) is 0 Å². The minimum absolute atomic E-state index is 0.834. The summed E-state index contributed by atoms with van der Waals surface area (Å²) in [6.45, 7) is 0. The van der Waals surface area contributed by atoms with Crippen molar-refractivity contribution in [3.8, 4) is 0 Å². The molecule has 0 aromatic rings. The van der Waals surface area contributed by atoms with E-state index in [0.29, 0.717) is 0 Å². The lowest BCUT2D eigenvalue weighted by Crippen LogP contribution is -2.44. The molecule has 4 nitrogen and oxygen atoms in total. The first-order valence-electron chi connectivity index (χ1n) is 2.56. The summed E-state index contributed by atoms with van der Waals surface area (Å²) in [6, 6.07) is 0. The molecule has 0 fully saturated rings. The first-order valence-corrected chi connectivity index (χ1v) is 2.56. The Labute approximate surface area is 60.8 Å². The van der Waals surface area contributed by atoms with Crippen molar-refractivity contribution in [2.24, 2.45) is 0 Å². The molecule has 0 spiro atoms. The highest BCUT2D eigenvalue weighted by Gasteiger charge is 2.27. The second-order valence-electron chi connectivity index (χ2n) is 1.64. The van der Waals surface area contributed by atoms with Gasteiger partial charge in [-0.1, -0.05) is 0 Å². The Morgan fingerprint density at radius 2 is 1.91 bits per heavy atom. The number of aliphatic carboxylic acids is 1. The molecule has 0 aliphatic heterocycles. The van der Waals surface area contributed by atoms with Crippen LogP contribution in [0.4, 0.5) is 8.78 Å². The summed E-state index contributed by atoms with van der Waals surface area (Å²) < 4.78 is 27.0. The number of carbonyl (C=O) groups is 2. The number of ether oxygens (including phenoxy) is 1. The highest BCUT2D eigenvalue weighted by atomic mass is 19.3. The van der Waals surface area contributed by atoms with Gasteiger partial charge in [-0.25, -0.2) is 8.78 Å². The van der Waals surface area contributed by atoms with Gasteiger partial charge < -0.3 is 14.6 Å². The van der Waals surface area contributed by atoms with E-state index < -0.39 is 24.3 Å². The van der Waals surface area contributed by atoms with Crippen LogP contribution in [0.25, 0.3) is 0 Å². The number of hydrogen-bond donors (Lipinski definition) is 0. The minimum Gasteiger partial charge on any atom is -0.547 e. The fourth-order valence-electron chi connectivity index (χ4n) is 0.443. The monoisotopic (exact) mass is 167 g/mol. The van der Waals surface area contributed by atoms with Crippen LogP contribution in [0.3, 0.4) is 0 Å². The van der Waals surface area contributed by atoms with Crippen molar-refractivity contribution in [1.82, 2.24) is 0 Å². The van der Waals surface area contributed by atoms with Gasteiger partial charge in [-0.05, 0) is 0 Å². The maximum absolute atomic E-state index is 11.5. The van der Waals surface area contributed by atoms with Gasteiger partial charge in [-0.15, -0.1) is 0 Å². The van der Waals surface area contributed by atoms with Crippen LogP contribution in [0.15, 0.2) is 0 Å². The number of alkyl halides is 2. The lowest BCUT2D eigenvalue weighted by atomic mass is 10.2. The Balaban J connectivity index is 4.27. The summed E-state index contributed by atoms with van der Waals surface area (Å²) in [5.74, 6) is -3.76. The molecule has 11 heavy (non-hydrogen) atoms. The smallest absolute Gasteiger partial charge is 0.299 e. The van der Waals surface area contributed by atoms with Gasteiger partial charge in [0, 0.05) is 7.11 Å². The molecule has 0 aliphatic rings. The lowest BCUT2D eigenvalue weighted by Gasteiger charge is -2.13. The van der Waals surface area contributed by atoms with Crippen LogP contribution in [0, 0.1) is 0 Å². The van der Waals surface area contributed by atoms with E-state index >= 15 is 0 Å². The summed E-state index contributed by atoms with van der Waals surface area (Å²) in [5, 5.41) is 9.89. The first-order chi connectivity index (χ1) is 5.00. The largest absolute Gasteiger partial charge is 0.547 e. The molecule has 0 rings (SSSR count). The fourth-order valence-corrected chi connectivity index (χ4v) is 0.443. The van der Waals surface area contributed by atoms with Crippen molar-refractivity contribution < 1.29 is 28.2 Å². The summed E-state index contributed by atoms with van der Waals surface area (Å²) in [6.07, 6.45) is -5.52. The van der Waals surface area contributed by atoms with Crippen molar-refractivity contribution >= 4 is 11.8 Å². The number of ketones is 1. The zero-order valence-corrected chi connectivity index (χ0v) is 5.54. The van der Waals surface area contributed by atoms with Gasteiger partial charge >= 0.3 is 0 Å². The molecule has 0 heterocycles. The second-order valence-corrected chi connectivity index (χ2v) is 1.64. The van der Waals surface area contributed by atoms with E-state index in [1.54, 1.807) is 0 Å². The normalized spacial score (nSPS) is 13.1. The SMILES string of the molecule is COC(C(=O)[O-])C(=O)C(F)F. The molecule has 0 aromatic heterocycles. The van der Waals surface area contributed by atoms with Crippen LogP contribution in [0.5, 0.6) is 0 Å². The quantitative estimate of drug-likeness (QED) is 0.482. The van der Waals surface area contributed by atoms with E-state index in [1.165, 1.54) is 0 Å². The number of hydrogen-bond acceptors (Lipinski definition) is 4. The maximum atomic E-state index is 11.5. The minimum atomic E-state index is -3.35. The van der Waals surface area contributed by atoms with Gasteiger partial charge in [0.25, 0.3) is 6.43 Å². The molecule has 64 valence electrons. The third-order valence-corrected chi connectivity index (χ3v) is 0.923. The standard InChI is InChI=1S/C5H6F2O4/c1-11-3(5(9)10)2(8)4(6)7/h3-4H,1H3,(H,9,10)/p-1. The third kappa shape index (κ3) is 2.58. The first kappa shape index (κ1) is 9.96. The van der Waals surface area contributed by atoms with E-state index in [-0.39, 0.29) is 0 Å². The summed E-state index contributed by atoms with van der Waals surface area (Å²) in [7, 11) is 0.834.